The van der Waals surface area contributed by atoms with E-state index in [1.54, 1.807) is 19.1 Å². The fourth-order valence-electron chi connectivity index (χ4n) is 4.24. The number of nitro groups is 1. The van der Waals surface area contributed by atoms with Crippen molar-refractivity contribution in [3.63, 3.8) is 0 Å². The number of benzene rings is 1. The molecule has 1 aromatic carbocycles. The maximum atomic E-state index is 13.2. The zero-order valence-electron chi connectivity index (χ0n) is 15.4. The summed E-state index contributed by atoms with van der Waals surface area (Å²) in [5.41, 5.74) is 0.790. The second-order valence-electron chi connectivity index (χ2n) is 7.30. The highest BCUT2D eigenvalue weighted by molar-refractivity contribution is 5.97. The van der Waals surface area contributed by atoms with Crippen LogP contribution in [0.2, 0.25) is 0 Å². The van der Waals surface area contributed by atoms with Crippen LogP contribution in [0, 0.1) is 17.0 Å². The highest BCUT2D eigenvalue weighted by atomic mass is 16.6. The molecule has 0 aliphatic carbocycles. The molecule has 8 nitrogen and oxygen atoms in total. The summed E-state index contributed by atoms with van der Waals surface area (Å²) in [4.78, 5) is 25.8. The van der Waals surface area contributed by atoms with E-state index in [1.165, 1.54) is 12.5 Å². The molecule has 2 aliphatic heterocycles. The van der Waals surface area contributed by atoms with Crippen LogP contribution in [0.5, 0.6) is 0 Å². The van der Waals surface area contributed by atoms with Gasteiger partial charge in [-0.3, -0.25) is 14.9 Å². The van der Waals surface area contributed by atoms with Gasteiger partial charge >= 0.3 is 0 Å². The molecule has 1 amide bonds. The summed E-state index contributed by atoms with van der Waals surface area (Å²) >= 11 is 0. The summed E-state index contributed by atoms with van der Waals surface area (Å²) in [7, 11) is 0. The maximum Gasteiger partial charge on any atom is 0.273 e. The van der Waals surface area contributed by atoms with E-state index in [9.17, 15) is 14.9 Å². The molecule has 8 heteroatoms. The van der Waals surface area contributed by atoms with Crippen LogP contribution in [-0.4, -0.2) is 37.0 Å². The van der Waals surface area contributed by atoms with Crippen molar-refractivity contribution in [1.29, 1.82) is 0 Å². The second-order valence-corrected chi connectivity index (χ2v) is 7.30. The van der Waals surface area contributed by atoms with Gasteiger partial charge in [-0.1, -0.05) is 12.5 Å². The number of carbonyl (C=O) groups excluding carboxylic acids is 1. The van der Waals surface area contributed by atoms with Crippen LogP contribution >= 0.6 is 0 Å². The van der Waals surface area contributed by atoms with Crippen molar-refractivity contribution >= 4 is 11.6 Å². The molecule has 142 valence electrons. The number of hydrogen-bond acceptors (Lipinski definition) is 5. The van der Waals surface area contributed by atoms with Crippen LogP contribution in [0.3, 0.4) is 0 Å². The number of aromatic nitrogens is 3. The molecule has 0 bridgehead atoms. The van der Waals surface area contributed by atoms with Gasteiger partial charge in [0.25, 0.3) is 11.6 Å². The largest absolute Gasteiger partial charge is 0.328 e. The van der Waals surface area contributed by atoms with Crippen LogP contribution in [-0.2, 0) is 13.0 Å². The lowest BCUT2D eigenvalue weighted by Crippen LogP contribution is -2.32. The van der Waals surface area contributed by atoms with E-state index in [0.29, 0.717) is 17.7 Å². The Morgan fingerprint density at radius 2 is 2.04 bits per heavy atom. The van der Waals surface area contributed by atoms with Gasteiger partial charge in [0.15, 0.2) is 5.82 Å². The van der Waals surface area contributed by atoms with Crippen LogP contribution in [0.25, 0.3) is 0 Å². The Labute approximate surface area is 157 Å². The first-order valence-electron chi connectivity index (χ1n) is 9.55. The molecule has 1 unspecified atom stereocenters. The van der Waals surface area contributed by atoms with E-state index in [0.717, 1.165) is 50.3 Å². The summed E-state index contributed by atoms with van der Waals surface area (Å²) in [5.74, 6) is 1.71. The van der Waals surface area contributed by atoms with Gasteiger partial charge in [0.1, 0.15) is 5.82 Å². The third kappa shape index (κ3) is 3.09. The molecule has 0 spiro atoms. The average molecular weight is 369 g/mol. The highest BCUT2D eigenvalue weighted by Crippen LogP contribution is 2.34. The van der Waals surface area contributed by atoms with Crippen molar-refractivity contribution in [2.75, 3.05) is 6.54 Å². The predicted octanol–water partition coefficient (Wildman–Crippen LogP) is 3.20. The number of amides is 1. The molecule has 27 heavy (non-hydrogen) atoms. The summed E-state index contributed by atoms with van der Waals surface area (Å²) in [6.07, 6.45) is 6.08. The number of hydrogen-bond donors (Lipinski definition) is 0. The van der Waals surface area contributed by atoms with Crippen LogP contribution in [0.4, 0.5) is 5.69 Å². The van der Waals surface area contributed by atoms with Crippen LogP contribution in [0.15, 0.2) is 18.2 Å². The summed E-state index contributed by atoms with van der Waals surface area (Å²) in [5, 5.41) is 20.0. The first-order valence-corrected chi connectivity index (χ1v) is 9.55. The lowest BCUT2D eigenvalue weighted by molar-refractivity contribution is -0.385. The molecule has 1 fully saturated rings. The molecular weight excluding hydrogens is 346 g/mol. The van der Waals surface area contributed by atoms with Gasteiger partial charge in [-0.25, -0.2) is 0 Å². The highest BCUT2D eigenvalue weighted by Gasteiger charge is 2.36. The minimum atomic E-state index is -0.439. The molecular formula is C19H23N5O3. The monoisotopic (exact) mass is 369 g/mol. The molecule has 0 saturated carbocycles. The van der Waals surface area contributed by atoms with Crippen molar-refractivity contribution in [3.8, 4) is 0 Å². The van der Waals surface area contributed by atoms with Gasteiger partial charge in [0.2, 0.25) is 0 Å². The van der Waals surface area contributed by atoms with Gasteiger partial charge in [-0.15, -0.1) is 10.2 Å². The third-order valence-corrected chi connectivity index (χ3v) is 5.68. The molecule has 1 atom stereocenters. The minimum absolute atomic E-state index is 0.0204. The fourth-order valence-corrected chi connectivity index (χ4v) is 4.24. The average Bonchev–Trinajstić information content (AvgIpc) is 3.22. The van der Waals surface area contributed by atoms with E-state index >= 15 is 0 Å². The molecule has 0 N–H and O–H groups in total. The topological polar surface area (TPSA) is 94.2 Å². The summed E-state index contributed by atoms with van der Waals surface area (Å²) in [6, 6.07) is 4.57. The van der Waals surface area contributed by atoms with Gasteiger partial charge < -0.3 is 9.47 Å². The summed E-state index contributed by atoms with van der Waals surface area (Å²) in [6.45, 7) is 3.17. The Morgan fingerprint density at radius 3 is 2.85 bits per heavy atom. The zero-order valence-corrected chi connectivity index (χ0v) is 15.4. The van der Waals surface area contributed by atoms with E-state index in [4.69, 9.17) is 0 Å². The molecule has 2 aromatic rings. The summed E-state index contributed by atoms with van der Waals surface area (Å²) < 4.78 is 2.18. The van der Waals surface area contributed by atoms with Crippen molar-refractivity contribution in [2.24, 2.45) is 0 Å². The van der Waals surface area contributed by atoms with E-state index in [-0.39, 0.29) is 17.6 Å². The van der Waals surface area contributed by atoms with Crippen molar-refractivity contribution in [2.45, 2.75) is 58.0 Å². The molecule has 1 aromatic heterocycles. The number of nitro benzene ring substituents is 1. The van der Waals surface area contributed by atoms with Crippen LogP contribution in [0.1, 0.15) is 65.7 Å². The number of nitrogens with zero attached hydrogens (tertiary/aromatic N) is 5. The van der Waals surface area contributed by atoms with Crippen LogP contribution < -0.4 is 0 Å². The van der Waals surface area contributed by atoms with Crippen molar-refractivity contribution in [3.05, 3.63) is 51.1 Å². The first kappa shape index (κ1) is 17.6. The number of aryl methyl sites for hydroxylation is 1. The Hall–Kier alpha value is -2.77. The second kappa shape index (κ2) is 7.09. The third-order valence-electron chi connectivity index (χ3n) is 5.68. The lowest BCUT2D eigenvalue weighted by atomic mass is 10.0. The Morgan fingerprint density at radius 1 is 1.19 bits per heavy atom. The maximum absolute atomic E-state index is 13.2. The van der Waals surface area contributed by atoms with Crippen molar-refractivity contribution in [1.82, 2.24) is 19.7 Å². The standard InChI is InChI=1S/C19H23N5O3/c1-13-14(7-5-8-15(13)24(26)27)19(25)22-12-6-9-16(22)18-21-20-17-10-3-2-4-11-23(17)18/h5,7-8,16H,2-4,6,9-12H2,1H3. The Balaban J connectivity index is 1.67. The molecule has 0 radical (unpaired) electrons. The quantitative estimate of drug-likeness (QED) is 0.612. The SMILES string of the molecule is Cc1c(C(=O)N2CCCC2c2nnc3n2CCCCC3)cccc1[N+](=O)[O-]. The van der Waals surface area contributed by atoms with Gasteiger partial charge in [0.05, 0.1) is 11.0 Å². The smallest absolute Gasteiger partial charge is 0.273 e. The predicted molar refractivity (Wildman–Crippen MR) is 98.4 cm³/mol. The van der Waals surface area contributed by atoms with E-state index in [2.05, 4.69) is 14.8 Å². The Kier molecular flexibility index (Phi) is 4.63. The first-order chi connectivity index (χ1) is 13.1. The molecule has 1 saturated heterocycles. The van der Waals surface area contributed by atoms with Crippen molar-refractivity contribution < 1.29 is 9.72 Å². The number of likely N-dealkylation sites (tertiary alicyclic amines) is 1. The zero-order chi connectivity index (χ0) is 19.0. The number of fused-ring (bicyclic) bond motifs is 1. The van der Waals surface area contributed by atoms with E-state index in [1.807, 2.05) is 4.90 Å². The fraction of sp³-hybridized carbons (Fsp3) is 0.526. The number of carbonyl (C=O) groups is 1. The molecule has 3 heterocycles. The molecule has 2 aliphatic rings. The van der Waals surface area contributed by atoms with Gasteiger partial charge in [-0.05, 0) is 38.7 Å². The number of rotatable bonds is 3. The van der Waals surface area contributed by atoms with E-state index < -0.39 is 4.92 Å². The van der Waals surface area contributed by atoms with Gasteiger partial charge in [-0.2, -0.15) is 0 Å². The lowest BCUT2D eigenvalue weighted by Gasteiger charge is -2.25. The normalized spacial score (nSPS) is 19.6. The minimum Gasteiger partial charge on any atom is -0.328 e. The Bertz CT molecular complexity index is 891. The van der Waals surface area contributed by atoms with Gasteiger partial charge in [0, 0.05) is 36.7 Å². The molecule has 4 rings (SSSR count).